The van der Waals surface area contributed by atoms with Gasteiger partial charge in [-0.2, -0.15) is 0 Å². The number of hydrogen-bond acceptors (Lipinski definition) is 4. The number of hydrogen-bond donors (Lipinski definition) is 4. The van der Waals surface area contributed by atoms with Gasteiger partial charge in [0.1, 0.15) is 24.7 Å². The van der Waals surface area contributed by atoms with E-state index in [9.17, 15) is 0 Å². The van der Waals surface area contributed by atoms with E-state index >= 15 is 0 Å². The summed E-state index contributed by atoms with van der Waals surface area (Å²) in [5.74, 6) is 1.27. The molecule has 4 N–H and O–H groups in total. The van der Waals surface area contributed by atoms with Crippen LogP contribution in [0.25, 0.3) is 0 Å². The minimum Gasteiger partial charge on any atom is -0.488 e. The van der Waals surface area contributed by atoms with Crippen LogP contribution in [0.2, 0.25) is 10.0 Å². The summed E-state index contributed by atoms with van der Waals surface area (Å²) in [5.41, 5.74) is 2.87. The average molecular weight is 584 g/mol. The fourth-order valence-corrected chi connectivity index (χ4v) is 4.18. The van der Waals surface area contributed by atoms with E-state index in [0.29, 0.717) is 56.4 Å². The molecule has 0 aliphatic carbocycles. The molecule has 4 aromatic carbocycles. The summed E-state index contributed by atoms with van der Waals surface area (Å²) >= 11 is 23.3. The van der Waals surface area contributed by atoms with Crippen LogP contribution in [0, 0.1) is 0 Å². The highest BCUT2D eigenvalue weighted by atomic mass is 35.5. The Labute approximate surface area is 242 Å². The predicted octanol–water partition coefficient (Wildman–Crippen LogP) is 8.07. The standard InChI is InChI=1S/C28H24Cl2N4O2S2/c29-19-9-1-3-11-21(19)31-27(37)33-23-13-5-7-15-25(23)35-17-18-36-26-16-8-6-14-24(26)34-28(38)32-22-12-4-2-10-20(22)30/h1-16H,17-18H2,(H2,31,33,37)(H2,32,34,38). The van der Waals surface area contributed by atoms with Crippen LogP contribution in [0.1, 0.15) is 0 Å². The molecule has 0 radical (unpaired) electrons. The maximum atomic E-state index is 6.21. The summed E-state index contributed by atoms with van der Waals surface area (Å²) in [5, 5.41) is 14.4. The van der Waals surface area contributed by atoms with Crippen molar-refractivity contribution in [3.8, 4) is 11.5 Å². The summed E-state index contributed by atoms with van der Waals surface area (Å²) in [6.45, 7) is 0.611. The van der Waals surface area contributed by atoms with E-state index < -0.39 is 0 Å². The van der Waals surface area contributed by atoms with E-state index in [0.717, 1.165) is 11.4 Å². The first-order valence-electron chi connectivity index (χ1n) is 11.6. The maximum Gasteiger partial charge on any atom is 0.175 e. The van der Waals surface area contributed by atoms with Crippen molar-refractivity contribution in [2.24, 2.45) is 0 Å². The SMILES string of the molecule is S=C(Nc1ccccc1Cl)Nc1ccccc1OCCOc1ccccc1NC(=S)Nc1ccccc1Cl. The van der Waals surface area contributed by atoms with Crippen molar-refractivity contribution >= 4 is 80.6 Å². The van der Waals surface area contributed by atoms with Gasteiger partial charge in [0.25, 0.3) is 0 Å². The third-order valence-electron chi connectivity index (χ3n) is 5.11. The Morgan fingerprint density at radius 3 is 1.21 bits per heavy atom. The lowest BCUT2D eigenvalue weighted by atomic mass is 10.3. The van der Waals surface area contributed by atoms with Crippen LogP contribution in [-0.2, 0) is 0 Å². The average Bonchev–Trinajstić information content (AvgIpc) is 2.91. The highest BCUT2D eigenvalue weighted by Gasteiger charge is 2.09. The molecule has 4 aromatic rings. The molecule has 0 saturated heterocycles. The van der Waals surface area contributed by atoms with Crippen LogP contribution in [0.3, 0.4) is 0 Å². The molecule has 38 heavy (non-hydrogen) atoms. The summed E-state index contributed by atoms with van der Waals surface area (Å²) in [6, 6.07) is 29.8. The molecule has 0 spiro atoms. The molecule has 0 atom stereocenters. The van der Waals surface area contributed by atoms with Crippen molar-refractivity contribution in [2.45, 2.75) is 0 Å². The van der Waals surface area contributed by atoms with Crippen molar-refractivity contribution in [3.05, 3.63) is 107 Å². The zero-order valence-electron chi connectivity index (χ0n) is 20.0. The van der Waals surface area contributed by atoms with Crippen LogP contribution in [0.15, 0.2) is 97.1 Å². The van der Waals surface area contributed by atoms with Crippen molar-refractivity contribution in [1.82, 2.24) is 0 Å². The maximum absolute atomic E-state index is 6.21. The second kappa shape index (κ2) is 13.8. The van der Waals surface area contributed by atoms with E-state index in [1.54, 1.807) is 12.1 Å². The van der Waals surface area contributed by atoms with Gasteiger partial charge in [-0.25, -0.2) is 0 Å². The van der Waals surface area contributed by atoms with Gasteiger partial charge in [-0.15, -0.1) is 0 Å². The highest BCUT2D eigenvalue weighted by molar-refractivity contribution is 7.81. The van der Waals surface area contributed by atoms with Crippen molar-refractivity contribution in [2.75, 3.05) is 34.5 Å². The molecule has 4 rings (SSSR count). The van der Waals surface area contributed by atoms with Gasteiger partial charge in [-0.1, -0.05) is 71.7 Å². The van der Waals surface area contributed by atoms with Gasteiger partial charge in [0.2, 0.25) is 0 Å². The second-order valence-corrected chi connectivity index (χ2v) is 9.44. The summed E-state index contributed by atoms with van der Waals surface area (Å²) < 4.78 is 11.9. The van der Waals surface area contributed by atoms with E-state index in [1.807, 2.05) is 84.9 Å². The third-order valence-corrected chi connectivity index (χ3v) is 6.18. The van der Waals surface area contributed by atoms with Gasteiger partial charge in [0.15, 0.2) is 10.2 Å². The zero-order chi connectivity index (χ0) is 26.7. The molecule has 0 saturated carbocycles. The van der Waals surface area contributed by atoms with Gasteiger partial charge in [0.05, 0.1) is 32.8 Å². The first kappa shape index (κ1) is 27.5. The van der Waals surface area contributed by atoms with E-state index in [4.69, 9.17) is 57.1 Å². The number of anilines is 4. The number of thiocarbonyl (C=S) groups is 2. The molecule has 0 amide bonds. The van der Waals surface area contributed by atoms with E-state index in [-0.39, 0.29) is 0 Å². The van der Waals surface area contributed by atoms with Gasteiger partial charge in [-0.05, 0) is 73.0 Å². The normalized spacial score (nSPS) is 10.3. The molecule has 0 fully saturated rings. The quantitative estimate of drug-likeness (QED) is 0.117. The Bertz CT molecular complexity index is 1310. The molecule has 0 heterocycles. The molecular weight excluding hydrogens is 559 g/mol. The Morgan fingerprint density at radius 1 is 0.500 bits per heavy atom. The number of halogens is 2. The van der Waals surface area contributed by atoms with Crippen LogP contribution in [0.5, 0.6) is 11.5 Å². The van der Waals surface area contributed by atoms with Crippen molar-refractivity contribution < 1.29 is 9.47 Å². The topological polar surface area (TPSA) is 66.6 Å². The molecule has 10 heteroatoms. The smallest absolute Gasteiger partial charge is 0.175 e. The largest absolute Gasteiger partial charge is 0.488 e. The second-order valence-electron chi connectivity index (χ2n) is 7.81. The minimum atomic E-state index is 0.306. The molecule has 6 nitrogen and oxygen atoms in total. The lowest BCUT2D eigenvalue weighted by molar-refractivity contribution is 0.218. The van der Waals surface area contributed by atoms with Gasteiger partial charge in [0, 0.05) is 0 Å². The monoisotopic (exact) mass is 582 g/mol. The number of benzene rings is 4. The first-order chi connectivity index (χ1) is 18.5. The molecule has 0 aliphatic heterocycles. The summed E-state index contributed by atoms with van der Waals surface area (Å²) in [7, 11) is 0. The number of para-hydroxylation sites is 6. The first-order valence-corrected chi connectivity index (χ1v) is 13.2. The Balaban J connectivity index is 1.30. The number of ether oxygens (including phenoxy) is 2. The van der Waals surface area contributed by atoms with Crippen LogP contribution in [0.4, 0.5) is 22.7 Å². The molecule has 0 bridgehead atoms. The minimum absolute atomic E-state index is 0.306. The summed E-state index contributed by atoms with van der Waals surface area (Å²) in [6.07, 6.45) is 0. The van der Waals surface area contributed by atoms with E-state index in [1.165, 1.54) is 0 Å². The van der Waals surface area contributed by atoms with Gasteiger partial charge >= 0.3 is 0 Å². The lowest BCUT2D eigenvalue weighted by Gasteiger charge is -2.17. The van der Waals surface area contributed by atoms with Crippen LogP contribution < -0.4 is 30.7 Å². The predicted molar refractivity (Wildman–Crippen MR) is 166 cm³/mol. The van der Waals surface area contributed by atoms with Crippen LogP contribution in [-0.4, -0.2) is 23.4 Å². The molecular formula is C28H24Cl2N4O2S2. The molecule has 0 unspecified atom stereocenters. The van der Waals surface area contributed by atoms with Gasteiger partial charge in [-0.3, -0.25) is 0 Å². The third kappa shape index (κ3) is 7.97. The Kier molecular flexibility index (Phi) is 10.0. The fraction of sp³-hybridized carbons (Fsp3) is 0.0714. The Hall–Kier alpha value is -3.56. The van der Waals surface area contributed by atoms with Crippen molar-refractivity contribution in [3.63, 3.8) is 0 Å². The van der Waals surface area contributed by atoms with Gasteiger partial charge < -0.3 is 30.7 Å². The lowest BCUT2D eigenvalue weighted by Crippen LogP contribution is -2.20. The Morgan fingerprint density at radius 2 is 0.816 bits per heavy atom. The van der Waals surface area contributed by atoms with Crippen LogP contribution >= 0.6 is 47.6 Å². The zero-order valence-corrected chi connectivity index (χ0v) is 23.2. The molecule has 0 aliphatic rings. The van der Waals surface area contributed by atoms with E-state index in [2.05, 4.69) is 21.3 Å². The number of rotatable bonds is 9. The fourth-order valence-electron chi connectivity index (χ4n) is 3.37. The number of nitrogens with one attached hydrogen (secondary N) is 4. The molecule has 0 aromatic heterocycles. The van der Waals surface area contributed by atoms with Crippen molar-refractivity contribution in [1.29, 1.82) is 0 Å². The summed E-state index contributed by atoms with van der Waals surface area (Å²) in [4.78, 5) is 0. The highest BCUT2D eigenvalue weighted by Crippen LogP contribution is 2.27. The molecule has 194 valence electrons.